The predicted molar refractivity (Wildman–Crippen MR) is 383 cm³/mol. The van der Waals surface area contributed by atoms with E-state index in [2.05, 4.69) is 31.9 Å². The number of likely N-dealkylation sites (tertiary alicyclic amines) is 1. The second-order valence-electron chi connectivity index (χ2n) is 28.2. The summed E-state index contributed by atoms with van der Waals surface area (Å²) in [6, 6.07) is 17.2. The Morgan fingerprint density at radius 1 is 0.680 bits per heavy atom. The van der Waals surface area contributed by atoms with Crippen LogP contribution in [0.3, 0.4) is 0 Å². The number of esters is 1. The molecule has 1 aliphatic rings. The Balaban J connectivity index is 1.36. The number of anilines is 2. The predicted octanol–water partition coefficient (Wildman–Crippen LogP) is 7.73. The molecule has 1 aliphatic heterocycles. The van der Waals surface area contributed by atoms with Crippen LogP contribution in [0.4, 0.5) is 25.8 Å². The first-order chi connectivity index (χ1) is 47.2. The standard InChI is InChI=1S/C74H115N11O15/c1-19-48(8)63(58(96-16)43-59(86)85-40-25-29-57(85)64(97-17)49(9)65(87)79-56(70(92)98-18)42-51-26-21-20-22-27-51)84(15)69(91)61(46(4)5)80-68(90)62(47(6)7)82(13)41-38-50-32-36-54(37-33-50)83(14)73(95)99-44-52-30-34-53(35-31-52)77-66(88)55(28-23-24-39-76-71(75)93)78-67(89)60(45(2)3)81-72(94)100-74(10,11)12/h20-22,26-27,30-37,45-49,55-58,60-64H,19,23-25,28-29,38-44H2,1-18H3,(H,77,88)(H,78,89)(H,79,87)(H,80,90)(H,81,94)(H3,75,76,93)/t48-,49+,55-,56-,57-,58+,60-,61-,62-,63-,64+/m0/s1. The van der Waals surface area contributed by atoms with E-state index in [1.165, 1.54) is 26.2 Å². The molecule has 0 spiro atoms. The Kier molecular flexibility index (Phi) is 34.3. The zero-order chi connectivity index (χ0) is 74.7. The summed E-state index contributed by atoms with van der Waals surface area (Å²) in [6.45, 7) is 23.2. The minimum Gasteiger partial charge on any atom is -0.467 e. The van der Waals surface area contributed by atoms with Crippen molar-refractivity contribution in [1.82, 2.24) is 41.3 Å². The summed E-state index contributed by atoms with van der Waals surface area (Å²) in [4.78, 5) is 142. The monoisotopic (exact) mass is 1400 g/mol. The van der Waals surface area contributed by atoms with Gasteiger partial charge in [-0.25, -0.2) is 19.2 Å². The number of nitrogens with zero attached hydrogens (tertiary/aromatic N) is 4. The van der Waals surface area contributed by atoms with E-state index in [0.717, 1.165) is 11.1 Å². The first-order valence-corrected chi connectivity index (χ1v) is 34.9. The van der Waals surface area contributed by atoms with Crippen molar-refractivity contribution in [3.63, 3.8) is 0 Å². The van der Waals surface area contributed by atoms with Crippen molar-refractivity contribution in [2.75, 3.05) is 72.3 Å². The van der Waals surface area contributed by atoms with Crippen LogP contribution in [-0.2, 0) is 76.7 Å². The number of methoxy groups -OCH3 is 3. The Morgan fingerprint density at radius 2 is 1.30 bits per heavy atom. The van der Waals surface area contributed by atoms with Crippen LogP contribution in [0.25, 0.3) is 0 Å². The summed E-state index contributed by atoms with van der Waals surface area (Å²) in [7, 11) is 9.49. The van der Waals surface area contributed by atoms with E-state index in [-0.39, 0.29) is 73.8 Å². The first kappa shape index (κ1) is 84.1. The Hall–Kier alpha value is -8.36. The number of alkyl carbamates (subject to hydrolysis) is 1. The van der Waals surface area contributed by atoms with Crippen molar-refractivity contribution in [3.05, 3.63) is 95.6 Å². The number of unbranched alkanes of at least 4 members (excludes halogenated alkanes) is 1. The van der Waals surface area contributed by atoms with Gasteiger partial charge < -0.3 is 71.1 Å². The van der Waals surface area contributed by atoms with Crippen molar-refractivity contribution in [2.45, 2.75) is 208 Å². The number of ether oxygens (including phenoxy) is 5. The molecule has 3 aromatic carbocycles. The molecule has 0 saturated carbocycles. The molecule has 0 aromatic heterocycles. The number of nitrogens with one attached hydrogen (secondary N) is 6. The molecule has 11 atom stereocenters. The van der Waals surface area contributed by atoms with Gasteiger partial charge in [0.15, 0.2) is 0 Å². The van der Waals surface area contributed by atoms with E-state index in [1.54, 1.807) is 89.7 Å². The highest BCUT2D eigenvalue weighted by Crippen LogP contribution is 2.31. The molecular weight excluding hydrogens is 1280 g/mol. The number of benzene rings is 3. The van der Waals surface area contributed by atoms with Crippen molar-refractivity contribution in [2.24, 2.45) is 35.3 Å². The molecule has 3 aromatic rings. The lowest BCUT2D eigenvalue weighted by molar-refractivity contribution is -0.149. The summed E-state index contributed by atoms with van der Waals surface area (Å²) in [5.41, 5.74) is 7.83. The number of rotatable bonds is 38. The maximum atomic E-state index is 14.9. The zero-order valence-electron chi connectivity index (χ0n) is 62.3. The van der Waals surface area contributed by atoms with Crippen LogP contribution in [-0.4, -0.2) is 197 Å². The fourth-order valence-electron chi connectivity index (χ4n) is 12.6. The molecule has 556 valence electrons. The SMILES string of the molecule is CC[C@H](C)[C@@H]([C@@H](CC(=O)N1CCC[C@H]1[C@H](OC)[C@@H](C)C(=O)N[C@@H](Cc1ccccc1)C(=O)OC)OC)N(C)C(=O)[C@@H](NC(=O)[C@H](C(C)C)N(C)CCc1ccc(N(C)C(=O)OCc2ccc(NC(=O)[C@H](CCCCNC(N)=O)NC(=O)[C@@H](NC(=O)OC(C)(C)C)C(C)C)cc2)cc1)C(C)C. The van der Waals surface area contributed by atoms with Crippen LogP contribution in [0.1, 0.15) is 145 Å². The largest absolute Gasteiger partial charge is 0.467 e. The van der Waals surface area contributed by atoms with E-state index in [4.69, 9.17) is 29.4 Å². The minimum atomic E-state index is -1.01. The van der Waals surface area contributed by atoms with Gasteiger partial charge in [0.2, 0.25) is 35.4 Å². The Labute approximate surface area is 592 Å². The van der Waals surface area contributed by atoms with Crippen LogP contribution in [0.5, 0.6) is 0 Å². The molecule has 1 fully saturated rings. The van der Waals surface area contributed by atoms with Gasteiger partial charge in [0.25, 0.3) is 0 Å². The number of carbonyl (C=O) groups excluding carboxylic acids is 10. The van der Waals surface area contributed by atoms with E-state index in [9.17, 15) is 47.9 Å². The van der Waals surface area contributed by atoms with Gasteiger partial charge in [-0.3, -0.25) is 38.6 Å². The lowest BCUT2D eigenvalue weighted by Gasteiger charge is -2.41. The van der Waals surface area contributed by atoms with Gasteiger partial charge in [-0.15, -0.1) is 0 Å². The van der Waals surface area contributed by atoms with Gasteiger partial charge in [-0.1, -0.05) is 123 Å². The maximum Gasteiger partial charge on any atom is 0.414 e. The van der Waals surface area contributed by atoms with Crippen molar-refractivity contribution >= 4 is 71.0 Å². The Morgan fingerprint density at radius 3 is 1.86 bits per heavy atom. The molecule has 0 radical (unpaired) electrons. The molecule has 26 nitrogen and oxygen atoms in total. The minimum absolute atomic E-state index is 0.0639. The average molecular weight is 1400 g/mol. The summed E-state index contributed by atoms with van der Waals surface area (Å²) in [6.07, 6.45) is 0.951. The summed E-state index contributed by atoms with van der Waals surface area (Å²) >= 11 is 0. The topological polar surface area (TPSA) is 328 Å². The van der Waals surface area contributed by atoms with Crippen LogP contribution in [0, 0.1) is 29.6 Å². The highest BCUT2D eigenvalue weighted by Gasteiger charge is 2.44. The quantitative estimate of drug-likeness (QED) is 0.0164. The lowest BCUT2D eigenvalue weighted by Crippen LogP contribution is -2.60. The maximum absolute atomic E-state index is 14.9. The molecule has 10 amide bonds. The molecule has 0 unspecified atom stereocenters. The third-order valence-electron chi connectivity index (χ3n) is 18.4. The van der Waals surface area contributed by atoms with Gasteiger partial charge in [-0.2, -0.15) is 0 Å². The van der Waals surface area contributed by atoms with E-state index in [0.29, 0.717) is 68.6 Å². The molecule has 0 bridgehead atoms. The lowest BCUT2D eigenvalue weighted by atomic mass is 9.89. The molecule has 1 saturated heterocycles. The molecular formula is C74H115N11O15. The normalized spacial score (nSPS) is 16.1. The summed E-state index contributed by atoms with van der Waals surface area (Å²) in [5.74, 6) is -4.61. The smallest absolute Gasteiger partial charge is 0.414 e. The van der Waals surface area contributed by atoms with Gasteiger partial charge >= 0.3 is 24.2 Å². The number of nitrogens with two attached hydrogens (primary N) is 1. The molecule has 4 rings (SSSR count). The molecule has 1 heterocycles. The van der Waals surface area contributed by atoms with Gasteiger partial charge in [-0.05, 0) is 131 Å². The highest BCUT2D eigenvalue weighted by molar-refractivity contribution is 5.98. The Bertz CT molecular complexity index is 3130. The number of urea groups is 1. The molecule has 0 aliphatic carbocycles. The average Bonchev–Trinajstić information content (AvgIpc) is 1.45. The van der Waals surface area contributed by atoms with Crippen molar-refractivity contribution < 1.29 is 71.6 Å². The fraction of sp³-hybridized carbons (Fsp3) is 0.622. The number of primary amides is 1. The van der Waals surface area contributed by atoms with Gasteiger partial charge in [0, 0.05) is 65.7 Å². The molecule has 26 heteroatoms. The van der Waals surface area contributed by atoms with E-state index < -0.39 is 108 Å². The number of hydrogen-bond acceptors (Lipinski definition) is 16. The van der Waals surface area contributed by atoms with E-state index >= 15 is 0 Å². The van der Waals surface area contributed by atoms with Crippen molar-refractivity contribution in [1.29, 1.82) is 0 Å². The second kappa shape index (κ2) is 40.8. The third kappa shape index (κ3) is 26.0. The number of amides is 10. The number of likely N-dealkylation sites (N-methyl/N-ethyl adjacent to an activating group) is 2. The number of carbonyl (C=O) groups is 10. The molecule has 100 heavy (non-hydrogen) atoms. The zero-order valence-corrected chi connectivity index (χ0v) is 62.3. The third-order valence-corrected chi connectivity index (χ3v) is 18.4. The van der Waals surface area contributed by atoms with Crippen molar-refractivity contribution in [3.8, 4) is 0 Å². The van der Waals surface area contributed by atoms with Crippen LogP contribution in [0.2, 0.25) is 0 Å². The van der Waals surface area contributed by atoms with Crippen LogP contribution in [0.15, 0.2) is 78.9 Å². The molecule has 8 N–H and O–H groups in total. The second-order valence-corrected chi connectivity index (χ2v) is 28.2. The summed E-state index contributed by atoms with van der Waals surface area (Å²) in [5, 5.41) is 16.7. The van der Waals surface area contributed by atoms with E-state index in [1.807, 2.05) is 108 Å². The summed E-state index contributed by atoms with van der Waals surface area (Å²) < 4.78 is 28.2. The fourth-order valence-corrected chi connectivity index (χ4v) is 12.6. The van der Waals surface area contributed by atoms with Gasteiger partial charge in [0.1, 0.15) is 36.4 Å². The number of hydrogen-bond donors (Lipinski definition) is 7. The highest BCUT2D eigenvalue weighted by atomic mass is 16.6. The van der Waals surface area contributed by atoms with Gasteiger partial charge in [0.05, 0.1) is 49.8 Å². The first-order valence-electron chi connectivity index (χ1n) is 34.9. The van der Waals surface area contributed by atoms with Crippen LogP contribution >= 0.6 is 0 Å². The van der Waals surface area contributed by atoms with Crippen LogP contribution < -0.4 is 42.5 Å².